The summed E-state index contributed by atoms with van der Waals surface area (Å²) in [4.78, 5) is 3.22. The third-order valence-corrected chi connectivity index (χ3v) is 5.05. The van der Waals surface area contributed by atoms with E-state index in [1.165, 1.54) is 10.5 Å². The lowest BCUT2D eigenvalue weighted by Crippen LogP contribution is -2.37. The molecule has 0 radical (unpaired) electrons. The molecule has 1 aliphatic rings. The summed E-state index contributed by atoms with van der Waals surface area (Å²) in [6.07, 6.45) is -9.46. The highest BCUT2D eigenvalue weighted by Gasteiger charge is 2.39. The van der Waals surface area contributed by atoms with Crippen molar-refractivity contribution >= 4 is 22.7 Å². The van der Waals surface area contributed by atoms with Crippen LogP contribution in [0, 0.1) is 0 Å². The van der Waals surface area contributed by atoms with Crippen LogP contribution in [0.25, 0.3) is 10.9 Å². The molecule has 1 aromatic carbocycles. The van der Waals surface area contributed by atoms with E-state index in [2.05, 4.69) is 4.98 Å². The number of para-hydroxylation sites is 1. The standard InChI is InChI=1S/C17H15ClF6N2O/c18-26-7-2-1-6-12(26)15(27)10-8-13(17(22,23)24)25-14-9(10)4-3-5-11(14)16(19,20)21/h3-5,8,12,15,27H,1-2,6-7H2. The van der Waals surface area contributed by atoms with E-state index in [0.717, 1.165) is 12.5 Å². The Morgan fingerprint density at radius 1 is 1.11 bits per heavy atom. The first-order chi connectivity index (χ1) is 12.5. The Morgan fingerprint density at radius 3 is 2.41 bits per heavy atom. The van der Waals surface area contributed by atoms with E-state index in [1.54, 1.807) is 0 Å². The molecule has 0 spiro atoms. The van der Waals surface area contributed by atoms with Crippen LogP contribution in [0.5, 0.6) is 0 Å². The SMILES string of the molecule is OC(c1cc(C(F)(F)F)nc2c(C(F)(F)F)cccc12)C1CCCCN1Cl. The molecule has 0 amide bonds. The zero-order chi connectivity index (χ0) is 20.0. The summed E-state index contributed by atoms with van der Waals surface area (Å²) in [7, 11) is 0. The van der Waals surface area contributed by atoms with Crippen LogP contribution in [0.2, 0.25) is 0 Å². The normalized spacial score (nSPS) is 20.8. The topological polar surface area (TPSA) is 36.4 Å². The van der Waals surface area contributed by atoms with E-state index >= 15 is 0 Å². The molecule has 2 atom stereocenters. The first-order valence-corrected chi connectivity index (χ1v) is 8.52. The largest absolute Gasteiger partial charge is 0.433 e. The van der Waals surface area contributed by atoms with Crippen molar-refractivity contribution in [1.29, 1.82) is 0 Å². The van der Waals surface area contributed by atoms with Gasteiger partial charge in [-0.3, -0.25) is 0 Å². The predicted octanol–water partition coefficient (Wildman–Crippen LogP) is 5.31. The third-order valence-electron chi connectivity index (χ3n) is 4.63. The first-order valence-electron chi connectivity index (χ1n) is 8.18. The molecule has 10 heteroatoms. The van der Waals surface area contributed by atoms with Gasteiger partial charge in [-0.2, -0.15) is 26.3 Å². The number of pyridine rings is 1. The predicted molar refractivity (Wildman–Crippen MR) is 86.9 cm³/mol. The number of nitrogens with zero attached hydrogens (tertiary/aromatic N) is 2. The molecule has 2 heterocycles. The Hall–Kier alpha value is -1.58. The number of hydrogen-bond donors (Lipinski definition) is 1. The quantitative estimate of drug-likeness (QED) is 0.536. The summed E-state index contributed by atoms with van der Waals surface area (Å²) in [6, 6.07) is 2.86. The van der Waals surface area contributed by atoms with Gasteiger partial charge in [-0.05, 0) is 42.3 Å². The number of benzene rings is 1. The van der Waals surface area contributed by atoms with E-state index in [9.17, 15) is 31.4 Å². The highest BCUT2D eigenvalue weighted by atomic mass is 35.5. The minimum Gasteiger partial charge on any atom is -0.387 e. The zero-order valence-corrected chi connectivity index (χ0v) is 14.5. The van der Waals surface area contributed by atoms with E-state index in [1.807, 2.05) is 0 Å². The minimum atomic E-state index is -4.96. The van der Waals surface area contributed by atoms with E-state index in [0.29, 0.717) is 31.5 Å². The molecule has 1 aliphatic heterocycles. The highest BCUT2D eigenvalue weighted by Crippen LogP contribution is 2.40. The molecule has 27 heavy (non-hydrogen) atoms. The van der Waals surface area contributed by atoms with Gasteiger partial charge in [0.1, 0.15) is 5.69 Å². The van der Waals surface area contributed by atoms with Crippen LogP contribution in [0.4, 0.5) is 26.3 Å². The summed E-state index contributed by atoms with van der Waals surface area (Å²) in [6.45, 7) is 0.423. The summed E-state index contributed by atoms with van der Waals surface area (Å²) in [5.41, 5.74) is -3.88. The molecule has 0 bridgehead atoms. The summed E-state index contributed by atoms with van der Waals surface area (Å²) < 4.78 is 80.9. The van der Waals surface area contributed by atoms with Gasteiger partial charge in [0.25, 0.3) is 0 Å². The second kappa shape index (κ2) is 7.10. The molecule has 0 saturated carbocycles. The average molecular weight is 413 g/mol. The van der Waals surface area contributed by atoms with Crippen LogP contribution in [-0.4, -0.2) is 27.1 Å². The molecule has 2 aromatic rings. The van der Waals surface area contributed by atoms with Crippen LogP contribution in [-0.2, 0) is 12.4 Å². The molecule has 1 saturated heterocycles. The smallest absolute Gasteiger partial charge is 0.387 e. The Bertz CT molecular complexity index is 839. The molecule has 1 fully saturated rings. The van der Waals surface area contributed by atoms with Gasteiger partial charge in [0.05, 0.1) is 23.2 Å². The Balaban J connectivity index is 2.24. The zero-order valence-electron chi connectivity index (χ0n) is 13.8. The number of halogens is 7. The number of aliphatic hydroxyl groups excluding tert-OH is 1. The number of aliphatic hydroxyl groups is 1. The van der Waals surface area contributed by atoms with Crippen molar-refractivity contribution < 1.29 is 31.4 Å². The van der Waals surface area contributed by atoms with Gasteiger partial charge in [-0.25, -0.2) is 9.40 Å². The van der Waals surface area contributed by atoms with Crippen molar-refractivity contribution in [2.75, 3.05) is 6.54 Å². The molecule has 2 unspecified atom stereocenters. The lowest BCUT2D eigenvalue weighted by atomic mass is 9.91. The fourth-order valence-electron chi connectivity index (χ4n) is 3.33. The summed E-state index contributed by atoms with van der Waals surface area (Å²) >= 11 is 6.07. The number of hydrogen-bond acceptors (Lipinski definition) is 3. The van der Waals surface area contributed by atoms with Crippen molar-refractivity contribution in [3.05, 3.63) is 41.1 Å². The van der Waals surface area contributed by atoms with Crippen molar-refractivity contribution in [1.82, 2.24) is 9.40 Å². The number of aromatic nitrogens is 1. The molecule has 3 nitrogen and oxygen atoms in total. The fraction of sp³-hybridized carbons (Fsp3) is 0.471. The maximum atomic E-state index is 13.3. The van der Waals surface area contributed by atoms with Gasteiger partial charge < -0.3 is 5.11 Å². The summed E-state index contributed by atoms with van der Waals surface area (Å²) in [5, 5.41) is 10.5. The van der Waals surface area contributed by atoms with Crippen molar-refractivity contribution in [3.8, 4) is 0 Å². The van der Waals surface area contributed by atoms with Crippen molar-refractivity contribution in [2.24, 2.45) is 0 Å². The number of piperidine rings is 1. The van der Waals surface area contributed by atoms with Crippen molar-refractivity contribution in [3.63, 3.8) is 0 Å². The van der Waals surface area contributed by atoms with Gasteiger partial charge in [-0.15, -0.1) is 0 Å². The van der Waals surface area contributed by atoms with Gasteiger partial charge in [-0.1, -0.05) is 18.6 Å². The maximum Gasteiger partial charge on any atom is 0.433 e. The van der Waals surface area contributed by atoms with Crippen LogP contribution in [0.3, 0.4) is 0 Å². The highest BCUT2D eigenvalue weighted by molar-refractivity contribution is 6.13. The average Bonchev–Trinajstić information content (AvgIpc) is 2.58. The van der Waals surface area contributed by atoms with Gasteiger partial charge >= 0.3 is 12.4 Å². The van der Waals surface area contributed by atoms with E-state index in [4.69, 9.17) is 11.8 Å². The Labute approximate surface area is 155 Å². The Kier molecular flexibility index (Phi) is 5.31. The van der Waals surface area contributed by atoms with Crippen molar-refractivity contribution in [2.45, 2.75) is 43.8 Å². The lowest BCUT2D eigenvalue weighted by molar-refractivity contribution is -0.142. The van der Waals surface area contributed by atoms with Crippen LogP contribution >= 0.6 is 11.8 Å². The number of fused-ring (bicyclic) bond motifs is 1. The number of rotatable bonds is 2. The Morgan fingerprint density at radius 2 is 1.81 bits per heavy atom. The molecular weight excluding hydrogens is 398 g/mol. The number of alkyl halides is 6. The fourth-order valence-corrected chi connectivity index (χ4v) is 3.66. The molecule has 3 rings (SSSR count). The van der Waals surface area contributed by atoms with Crippen LogP contribution in [0.15, 0.2) is 24.3 Å². The molecule has 148 valence electrons. The summed E-state index contributed by atoms with van der Waals surface area (Å²) in [5.74, 6) is 0. The van der Waals surface area contributed by atoms with Crippen LogP contribution < -0.4 is 0 Å². The van der Waals surface area contributed by atoms with Gasteiger partial charge in [0, 0.05) is 11.9 Å². The molecular formula is C17H15ClF6N2O. The lowest BCUT2D eigenvalue weighted by Gasteiger charge is -2.34. The third kappa shape index (κ3) is 4.00. The molecule has 0 aliphatic carbocycles. The maximum absolute atomic E-state index is 13.3. The first kappa shape index (κ1) is 20.2. The molecule has 1 aromatic heterocycles. The minimum absolute atomic E-state index is 0.180. The monoisotopic (exact) mass is 412 g/mol. The van der Waals surface area contributed by atoms with Crippen LogP contribution in [0.1, 0.15) is 42.2 Å². The van der Waals surface area contributed by atoms with E-state index < -0.39 is 41.3 Å². The van der Waals surface area contributed by atoms with Gasteiger partial charge in [0.2, 0.25) is 0 Å². The second-order valence-electron chi connectivity index (χ2n) is 6.43. The van der Waals surface area contributed by atoms with E-state index in [-0.39, 0.29) is 10.9 Å². The second-order valence-corrected chi connectivity index (χ2v) is 6.86. The molecule has 1 N–H and O–H groups in total. The van der Waals surface area contributed by atoms with Gasteiger partial charge in [0.15, 0.2) is 0 Å².